The van der Waals surface area contributed by atoms with Crippen molar-refractivity contribution >= 4 is 15.9 Å². The van der Waals surface area contributed by atoms with Gasteiger partial charge in [0.25, 0.3) is 0 Å². The van der Waals surface area contributed by atoms with Crippen LogP contribution in [0.15, 0.2) is 0 Å². The van der Waals surface area contributed by atoms with Crippen LogP contribution < -0.4 is 0 Å². The molecular weight excluding hydrogens is 275 g/mol. The van der Waals surface area contributed by atoms with Gasteiger partial charge >= 0.3 is 6.18 Å². The number of ether oxygens (including phenoxy) is 1. The fourth-order valence-electron chi connectivity index (χ4n) is 1.51. The van der Waals surface area contributed by atoms with Crippen molar-refractivity contribution in [2.24, 2.45) is 0 Å². The van der Waals surface area contributed by atoms with Gasteiger partial charge in [0, 0.05) is 11.4 Å². The third kappa shape index (κ3) is 6.37. The van der Waals surface area contributed by atoms with Gasteiger partial charge in [0.1, 0.15) is 6.61 Å². The van der Waals surface area contributed by atoms with Gasteiger partial charge in [0.15, 0.2) is 0 Å². The fraction of sp³-hybridized carbons (Fsp3) is 1.00. The highest BCUT2D eigenvalue weighted by Gasteiger charge is 2.27. The Balaban J connectivity index is 2.01. The van der Waals surface area contributed by atoms with E-state index in [4.69, 9.17) is 0 Å². The van der Waals surface area contributed by atoms with Gasteiger partial charge in [-0.05, 0) is 25.9 Å². The number of likely N-dealkylation sites (tertiary alicyclic amines) is 1. The average molecular weight is 290 g/mol. The van der Waals surface area contributed by atoms with Crippen LogP contribution in [0.25, 0.3) is 0 Å². The molecule has 0 N–H and O–H groups in total. The number of nitrogens with zero attached hydrogens (tertiary/aromatic N) is 1. The summed E-state index contributed by atoms with van der Waals surface area (Å²) in [6.45, 7) is 1.49. The minimum atomic E-state index is -4.21. The molecule has 0 aromatic rings. The van der Waals surface area contributed by atoms with Crippen LogP contribution in [0.4, 0.5) is 13.2 Å². The Labute approximate surface area is 95.9 Å². The summed E-state index contributed by atoms with van der Waals surface area (Å²) < 4.78 is 39.7. The lowest BCUT2D eigenvalue weighted by Crippen LogP contribution is -2.36. The van der Waals surface area contributed by atoms with E-state index in [1.54, 1.807) is 0 Å². The standard InChI is InChI=1S/C9H15BrF3NO/c10-8-1-3-14(4-2-8)5-6-15-7-9(11,12)13/h8H,1-7H2. The fourth-order valence-corrected chi connectivity index (χ4v) is 1.92. The number of rotatable bonds is 4. The molecule has 0 aliphatic carbocycles. The zero-order valence-corrected chi connectivity index (χ0v) is 9.98. The van der Waals surface area contributed by atoms with E-state index >= 15 is 0 Å². The van der Waals surface area contributed by atoms with Gasteiger partial charge in [-0.15, -0.1) is 0 Å². The van der Waals surface area contributed by atoms with Crippen LogP contribution in [-0.2, 0) is 4.74 Å². The van der Waals surface area contributed by atoms with Gasteiger partial charge in [-0.3, -0.25) is 0 Å². The second kappa shape index (κ2) is 6.06. The van der Waals surface area contributed by atoms with Crippen molar-refractivity contribution in [1.29, 1.82) is 0 Å². The molecule has 0 amide bonds. The van der Waals surface area contributed by atoms with Crippen LogP contribution in [-0.4, -0.2) is 48.8 Å². The van der Waals surface area contributed by atoms with Crippen molar-refractivity contribution in [3.8, 4) is 0 Å². The molecule has 15 heavy (non-hydrogen) atoms. The van der Waals surface area contributed by atoms with Gasteiger partial charge in [-0.2, -0.15) is 13.2 Å². The molecule has 1 fully saturated rings. The highest BCUT2D eigenvalue weighted by Crippen LogP contribution is 2.17. The van der Waals surface area contributed by atoms with Gasteiger partial charge in [0.05, 0.1) is 6.61 Å². The molecule has 90 valence electrons. The number of hydrogen-bond acceptors (Lipinski definition) is 2. The summed E-state index contributed by atoms with van der Waals surface area (Å²) in [5.74, 6) is 0. The normalized spacial score (nSPS) is 20.8. The first-order valence-electron chi connectivity index (χ1n) is 4.98. The summed E-state index contributed by atoms with van der Waals surface area (Å²) >= 11 is 3.52. The van der Waals surface area contributed by atoms with E-state index in [-0.39, 0.29) is 6.61 Å². The zero-order valence-electron chi connectivity index (χ0n) is 8.39. The molecule has 1 rings (SSSR count). The molecular formula is C9H15BrF3NO. The monoisotopic (exact) mass is 289 g/mol. The predicted molar refractivity (Wildman–Crippen MR) is 55.3 cm³/mol. The molecule has 0 spiro atoms. The van der Waals surface area contributed by atoms with Crippen LogP contribution in [0.1, 0.15) is 12.8 Å². The Morgan fingerprint density at radius 1 is 1.27 bits per heavy atom. The maximum atomic E-state index is 11.7. The molecule has 0 saturated carbocycles. The molecule has 0 aromatic carbocycles. The van der Waals surface area contributed by atoms with Crippen LogP contribution in [0.2, 0.25) is 0 Å². The first-order chi connectivity index (χ1) is 6.97. The van der Waals surface area contributed by atoms with Crippen molar-refractivity contribution in [1.82, 2.24) is 4.90 Å². The number of alkyl halides is 4. The summed E-state index contributed by atoms with van der Waals surface area (Å²) in [5, 5.41) is 0. The third-order valence-corrected chi connectivity index (χ3v) is 3.25. The zero-order chi connectivity index (χ0) is 11.3. The quantitative estimate of drug-likeness (QED) is 0.582. The number of piperidine rings is 1. The molecule has 1 heterocycles. The first kappa shape index (κ1) is 13.3. The molecule has 1 aliphatic heterocycles. The Bertz CT molecular complexity index is 181. The summed E-state index contributed by atoms with van der Waals surface area (Å²) in [6, 6.07) is 0. The minimum absolute atomic E-state index is 0.159. The second-order valence-electron chi connectivity index (χ2n) is 3.68. The van der Waals surface area contributed by atoms with Crippen LogP contribution in [0.3, 0.4) is 0 Å². The molecule has 0 atom stereocenters. The maximum Gasteiger partial charge on any atom is 0.411 e. The number of halogens is 4. The van der Waals surface area contributed by atoms with Crippen LogP contribution in [0, 0.1) is 0 Å². The molecule has 2 nitrogen and oxygen atoms in total. The molecule has 0 bridgehead atoms. The van der Waals surface area contributed by atoms with Gasteiger partial charge in [-0.1, -0.05) is 15.9 Å². The maximum absolute atomic E-state index is 11.7. The Morgan fingerprint density at radius 2 is 1.87 bits per heavy atom. The van der Waals surface area contributed by atoms with E-state index in [1.165, 1.54) is 0 Å². The molecule has 6 heteroatoms. The molecule has 0 unspecified atom stereocenters. The molecule has 0 aromatic heterocycles. The average Bonchev–Trinajstić information content (AvgIpc) is 2.14. The summed E-state index contributed by atoms with van der Waals surface area (Å²) in [5.41, 5.74) is 0. The second-order valence-corrected chi connectivity index (χ2v) is 4.98. The lowest BCUT2D eigenvalue weighted by molar-refractivity contribution is -0.174. The van der Waals surface area contributed by atoms with Gasteiger partial charge in [0.2, 0.25) is 0 Å². The minimum Gasteiger partial charge on any atom is -0.371 e. The van der Waals surface area contributed by atoms with Gasteiger partial charge < -0.3 is 9.64 Å². The largest absolute Gasteiger partial charge is 0.411 e. The Hall–Kier alpha value is 0.190. The smallest absolute Gasteiger partial charge is 0.371 e. The Morgan fingerprint density at radius 3 is 2.40 bits per heavy atom. The van der Waals surface area contributed by atoms with Gasteiger partial charge in [-0.25, -0.2) is 0 Å². The third-order valence-electron chi connectivity index (χ3n) is 2.33. The lowest BCUT2D eigenvalue weighted by atomic mass is 10.1. The van der Waals surface area contributed by atoms with Crippen molar-refractivity contribution in [2.45, 2.75) is 23.8 Å². The van der Waals surface area contributed by atoms with E-state index in [2.05, 4.69) is 25.6 Å². The number of hydrogen-bond donors (Lipinski definition) is 0. The van der Waals surface area contributed by atoms with Crippen molar-refractivity contribution in [2.75, 3.05) is 32.8 Å². The van der Waals surface area contributed by atoms with E-state index < -0.39 is 12.8 Å². The van der Waals surface area contributed by atoms with E-state index in [1.807, 2.05) is 0 Å². The summed E-state index contributed by atoms with van der Waals surface area (Å²) in [7, 11) is 0. The van der Waals surface area contributed by atoms with Crippen molar-refractivity contribution in [3.05, 3.63) is 0 Å². The van der Waals surface area contributed by atoms with Crippen molar-refractivity contribution < 1.29 is 17.9 Å². The Kier molecular flexibility index (Phi) is 5.35. The topological polar surface area (TPSA) is 12.5 Å². The molecule has 0 radical (unpaired) electrons. The summed E-state index contributed by atoms with van der Waals surface area (Å²) in [4.78, 5) is 2.69. The lowest BCUT2D eigenvalue weighted by Gasteiger charge is -2.29. The highest BCUT2D eigenvalue weighted by molar-refractivity contribution is 9.09. The van der Waals surface area contributed by atoms with E-state index in [9.17, 15) is 13.2 Å². The predicted octanol–water partition coefficient (Wildman–Crippen LogP) is 2.42. The highest BCUT2D eigenvalue weighted by atomic mass is 79.9. The first-order valence-corrected chi connectivity index (χ1v) is 5.90. The van der Waals surface area contributed by atoms with E-state index in [0.717, 1.165) is 25.9 Å². The SMILES string of the molecule is FC(F)(F)COCCN1CCC(Br)CC1. The van der Waals surface area contributed by atoms with Crippen LogP contribution >= 0.6 is 15.9 Å². The van der Waals surface area contributed by atoms with Crippen molar-refractivity contribution in [3.63, 3.8) is 0 Å². The summed E-state index contributed by atoms with van der Waals surface area (Å²) in [6.07, 6.45) is -2.10. The van der Waals surface area contributed by atoms with E-state index in [0.29, 0.717) is 11.4 Å². The molecule has 1 aliphatic rings. The van der Waals surface area contributed by atoms with Crippen LogP contribution in [0.5, 0.6) is 0 Å². The molecule has 1 saturated heterocycles.